The lowest BCUT2D eigenvalue weighted by Crippen LogP contribution is -2.47. The zero-order chi connectivity index (χ0) is 19.4. The molecule has 2 saturated heterocycles. The minimum absolute atomic E-state index is 0.00823. The molecule has 2 heterocycles. The molecule has 3 rings (SSSR count). The predicted molar refractivity (Wildman–Crippen MR) is 99.0 cm³/mol. The number of piperidine rings is 2. The number of hydrogen-bond donors (Lipinski definition) is 0. The maximum Gasteiger partial charge on any atom is 0.225 e. The maximum absolute atomic E-state index is 13.8. The number of rotatable bonds is 4. The molecule has 0 saturated carbocycles. The van der Waals surface area contributed by atoms with Gasteiger partial charge in [-0.05, 0) is 56.1 Å². The second-order valence-electron chi connectivity index (χ2n) is 7.85. The molecular formula is C21H28F2N2O2. The Kier molecular flexibility index (Phi) is 6.45. The first-order chi connectivity index (χ1) is 12.9. The quantitative estimate of drug-likeness (QED) is 0.806. The topological polar surface area (TPSA) is 40.6 Å². The van der Waals surface area contributed by atoms with Crippen molar-refractivity contribution in [2.75, 3.05) is 26.2 Å². The van der Waals surface area contributed by atoms with Gasteiger partial charge >= 0.3 is 0 Å². The molecule has 6 heteroatoms. The van der Waals surface area contributed by atoms with Crippen LogP contribution in [0.1, 0.15) is 44.6 Å². The Morgan fingerprint density at radius 3 is 2.48 bits per heavy atom. The van der Waals surface area contributed by atoms with Crippen molar-refractivity contribution in [1.29, 1.82) is 0 Å². The summed E-state index contributed by atoms with van der Waals surface area (Å²) in [6.07, 6.45) is 4.84. The molecule has 0 radical (unpaired) electrons. The average molecular weight is 378 g/mol. The Morgan fingerprint density at radius 2 is 1.81 bits per heavy atom. The number of carbonyl (C=O) groups is 2. The molecule has 1 atom stereocenters. The van der Waals surface area contributed by atoms with Crippen LogP contribution >= 0.6 is 0 Å². The van der Waals surface area contributed by atoms with Gasteiger partial charge in [-0.2, -0.15) is 0 Å². The van der Waals surface area contributed by atoms with E-state index in [1.54, 1.807) is 11.8 Å². The van der Waals surface area contributed by atoms with Crippen molar-refractivity contribution in [1.82, 2.24) is 9.80 Å². The minimum Gasteiger partial charge on any atom is -0.343 e. The lowest BCUT2D eigenvalue weighted by molar-refractivity contribution is -0.141. The molecule has 0 unspecified atom stereocenters. The van der Waals surface area contributed by atoms with E-state index in [1.165, 1.54) is 12.1 Å². The van der Waals surface area contributed by atoms with Gasteiger partial charge in [0.05, 0.1) is 0 Å². The van der Waals surface area contributed by atoms with Crippen molar-refractivity contribution in [3.8, 4) is 0 Å². The van der Waals surface area contributed by atoms with Crippen LogP contribution in [0.5, 0.6) is 0 Å². The van der Waals surface area contributed by atoms with E-state index in [0.717, 1.165) is 44.7 Å². The lowest BCUT2D eigenvalue weighted by atomic mass is 9.89. The van der Waals surface area contributed by atoms with Crippen LogP contribution < -0.4 is 0 Å². The number of likely N-dealkylation sites (tertiary alicyclic amines) is 2. The molecule has 2 amide bonds. The van der Waals surface area contributed by atoms with Crippen molar-refractivity contribution >= 4 is 11.8 Å². The van der Waals surface area contributed by atoms with E-state index in [4.69, 9.17) is 0 Å². The zero-order valence-electron chi connectivity index (χ0n) is 15.9. The fourth-order valence-electron chi connectivity index (χ4n) is 4.28. The van der Waals surface area contributed by atoms with E-state index in [-0.39, 0.29) is 17.7 Å². The summed E-state index contributed by atoms with van der Waals surface area (Å²) in [7, 11) is 0. The first kappa shape index (κ1) is 19.8. The summed E-state index contributed by atoms with van der Waals surface area (Å²) in [5.74, 6) is -0.404. The maximum atomic E-state index is 13.8. The molecular weight excluding hydrogens is 350 g/mol. The highest BCUT2D eigenvalue weighted by Crippen LogP contribution is 2.26. The highest BCUT2D eigenvalue weighted by Gasteiger charge is 2.31. The predicted octanol–water partition coefficient (Wildman–Crippen LogP) is 3.39. The van der Waals surface area contributed by atoms with E-state index < -0.39 is 11.6 Å². The smallest absolute Gasteiger partial charge is 0.225 e. The molecule has 0 N–H and O–H groups in total. The molecule has 2 fully saturated rings. The van der Waals surface area contributed by atoms with Crippen LogP contribution in [0.3, 0.4) is 0 Å². The van der Waals surface area contributed by atoms with E-state index in [9.17, 15) is 18.4 Å². The Labute approximate surface area is 159 Å². The number of aryl methyl sites for hydroxylation is 1. The van der Waals surface area contributed by atoms with Gasteiger partial charge in [-0.25, -0.2) is 8.78 Å². The van der Waals surface area contributed by atoms with Gasteiger partial charge in [0.25, 0.3) is 0 Å². The minimum atomic E-state index is -0.554. The summed E-state index contributed by atoms with van der Waals surface area (Å²) in [6.45, 7) is 4.39. The normalized spacial score (nSPS) is 21.4. The SMILES string of the molecule is CC(=O)N1CCC(C(=O)N2CCC[C@@H](CCc3ccc(F)cc3F)C2)CC1. The molecule has 148 valence electrons. The van der Waals surface area contributed by atoms with E-state index in [2.05, 4.69) is 0 Å². The van der Waals surface area contributed by atoms with Crippen LogP contribution in [0.25, 0.3) is 0 Å². The third kappa shape index (κ3) is 5.05. The molecule has 0 aromatic heterocycles. The second kappa shape index (κ2) is 8.81. The van der Waals surface area contributed by atoms with Crippen LogP contribution in [-0.2, 0) is 16.0 Å². The van der Waals surface area contributed by atoms with Crippen molar-refractivity contribution in [2.45, 2.75) is 45.4 Å². The van der Waals surface area contributed by atoms with Gasteiger partial charge in [0.1, 0.15) is 11.6 Å². The number of halogens is 2. The highest BCUT2D eigenvalue weighted by molar-refractivity contribution is 5.79. The van der Waals surface area contributed by atoms with E-state index >= 15 is 0 Å². The first-order valence-corrected chi connectivity index (χ1v) is 9.92. The zero-order valence-corrected chi connectivity index (χ0v) is 15.9. The van der Waals surface area contributed by atoms with E-state index in [1.807, 2.05) is 4.90 Å². The van der Waals surface area contributed by atoms with Crippen LogP contribution in [0.15, 0.2) is 18.2 Å². The summed E-state index contributed by atoms with van der Waals surface area (Å²) in [5, 5.41) is 0. The van der Waals surface area contributed by atoms with Crippen LogP contribution in [0.2, 0.25) is 0 Å². The molecule has 0 bridgehead atoms. The Bertz CT molecular complexity index is 687. The summed E-state index contributed by atoms with van der Waals surface area (Å²) < 4.78 is 26.8. The number of carbonyl (C=O) groups excluding carboxylic acids is 2. The summed E-state index contributed by atoms with van der Waals surface area (Å²) in [4.78, 5) is 28.1. The van der Waals surface area contributed by atoms with E-state index in [0.29, 0.717) is 37.5 Å². The number of nitrogens with zero attached hydrogens (tertiary/aromatic N) is 2. The largest absolute Gasteiger partial charge is 0.343 e. The third-order valence-corrected chi connectivity index (χ3v) is 5.96. The van der Waals surface area contributed by atoms with Gasteiger partial charge in [0.15, 0.2) is 0 Å². The average Bonchev–Trinajstić information content (AvgIpc) is 2.67. The second-order valence-corrected chi connectivity index (χ2v) is 7.85. The molecule has 4 nitrogen and oxygen atoms in total. The molecule has 1 aromatic carbocycles. The fraction of sp³-hybridized carbons (Fsp3) is 0.619. The first-order valence-electron chi connectivity index (χ1n) is 9.92. The van der Waals surface area contributed by atoms with Crippen molar-refractivity contribution < 1.29 is 18.4 Å². The Hall–Kier alpha value is -1.98. The Morgan fingerprint density at radius 1 is 1.07 bits per heavy atom. The monoisotopic (exact) mass is 378 g/mol. The molecule has 2 aliphatic rings. The fourth-order valence-corrected chi connectivity index (χ4v) is 4.28. The van der Waals surface area contributed by atoms with Crippen molar-refractivity contribution in [3.05, 3.63) is 35.4 Å². The molecule has 0 aliphatic carbocycles. The Balaban J connectivity index is 1.50. The molecule has 0 spiro atoms. The number of hydrogen-bond acceptors (Lipinski definition) is 2. The number of amides is 2. The van der Waals surface area contributed by atoms with Crippen LogP contribution in [0, 0.1) is 23.5 Å². The third-order valence-electron chi connectivity index (χ3n) is 5.96. The van der Waals surface area contributed by atoms with Gasteiger partial charge in [-0.3, -0.25) is 9.59 Å². The summed E-state index contributed by atoms with van der Waals surface area (Å²) in [5.41, 5.74) is 0.538. The molecule has 27 heavy (non-hydrogen) atoms. The molecule has 1 aromatic rings. The highest BCUT2D eigenvalue weighted by atomic mass is 19.1. The van der Waals surface area contributed by atoms with Gasteiger partial charge in [-0.1, -0.05) is 6.07 Å². The lowest BCUT2D eigenvalue weighted by Gasteiger charge is -2.37. The van der Waals surface area contributed by atoms with Crippen LogP contribution in [-0.4, -0.2) is 47.8 Å². The van der Waals surface area contributed by atoms with Gasteiger partial charge < -0.3 is 9.80 Å². The number of benzene rings is 1. The van der Waals surface area contributed by atoms with Gasteiger partial charge in [0.2, 0.25) is 11.8 Å². The van der Waals surface area contributed by atoms with Gasteiger partial charge in [0, 0.05) is 45.1 Å². The van der Waals surface area contributed by atoms with Crippen LogP contribution in [0.4, 0.5) is 8.78 Å². The van der Waals surface area contributed by atoms with Gasteiger partial charge in [-0.15, -0.1) is 0 Å². The summed E-state index contributed by atoms with van der Waals surface area (Å²) >= 11 is 0. The standard InChI is InChI=1S/C21H28F2N2O2/c1-15(26)24-11-8-18(9-12-24)21(27)25-10-2-3-16(14-25)4-5-17-6-7-19(22)13-20(17)23/h6-7,13,16,18H,2-5,8-12,14H2,1H3/t16-/m0/s1. The summed E-state index contributed by atoms with van der Waals surface area (Å²) in [6, 6.07) is 3.74. The van der Waals surface area contributed by atoms with Crippen molar-refractivity contribution in [2.24, 2.45) is 11.8 Å². The molecule has 2 aliphatic heterocycles. The van der Waals surface area contributed by atoms with Crippen molar-refractivity contribution in [3.63, 3.8) is 0 Å².